The Hall–Kier alpha value is -1.42. The molecule has 0 bridgehead atoms. The molecule has 2 atom stereocenters. The van der Waals surface area contributed by atoms with E-state index in [-0.39, 0.29) is 5.01 Å². The standard InChI is InChI=1S/C12H14BrF3N4O2/c1-6-9(13)7(2)19(18-6)8(3)10(21)20-11(22,4-5-17-20)12(14,15)16/h5,8,22H,4H2,1-3H3/t8-,11+/m1/s1. The second-order valence-electron chi connectivity index (χ2n) is 5.07. The molecule has 0 unspecified atom stereocenters. The topological polar surface area (TPSA) is 70.7 Å². The first-order valence-corrected chi connectivity index (χ1v) is 7.17. The first-order valence-electron chi connectivity index (χ1n) is 6.37. The fraction of sp³-hybridized carbons (Fsp3) is 0.583. The van der Waals surface area contributed by atoms with Crippen LogP contribution in [0.1, 0.15) is 30.8 Å². The van der Waals surface area contributed by atoms with Gasteiger partial charge in [0.05, 0.1) is 15.9 Å². The molecule has 0 fully saturated rings. The average molecular weight is 383 g/mol. The van der Waals surface area contributed by atoms with E-state index < -0.39 is 30.3 Å². The molecule has 0 saturated heterocycles. The van der Waals surface area contributed by atoms with Gasteiger partial charge in [-0.2, -0.15) is 28.4 Å². The number of carbonyl (C=O) groups is 1. The molecular weight excluding hydrogens is 369 g/mol. The number of hydrogen-bond donors (Lipinski definition) is 1. The van der Waals surface area contributed by atoms with Crippen LogP contribution >= 0.6 is 15.9 Å². The Bertz CT molecular complexity index is 643. The third-order valence-electron chi connectivity index (χ3n) is 3.55. The third-order valence-corrected chi connectivity index (χ3v) is 4.69. The van der Waals surface area contributed by atoms with Crippen molar-refractivity contribution in [3.63, 3.8) is 0 Å². The zero-order valence-corrected chi connectivity index (χ0v) is 13.6. The van der Waals surface area contributed by atoms with Gasteiger partial charge in [0.25, 0.3) is 11.6 Å². The maximum atomic E-state index is 13.0. The number of halogens is 4. The molecule has 1 aromatic rings. The van der Waals surface area contributed by atoms with Gasteiger partial charge in [-0.1, -0.05) is 0 Å². The lowest BCUT2D eigenvalue weighted by molar-refractivity contribution is -0.302. The Balaban J connectivity index is 2.35. The summed E-state index contributed by atoms with van der Waals surface area (Å²) in [6.45, 7) is 4.78. The van der Waals surface area contributed by atoms with Crippen LogP contribution in [0.4, 0.5) is 13.2 Å². The van der Waals surface area contributed by atoms with E-state index in [1.807, 2.05) is 0 Å². The minimum absolute atomic E-state index is 0.0853. The second-order valence-corrected chi connectivity index (χ2v) is 5.86. The van der Waals surface area contributed by atoms with E-state index in [1.165, 1.54) is 11.6 Å². The summed E-state index contributed by atoms with van der Waals surface area (Å²) in [5.74, 6) is -0.994. The van der Waals surface area contributed by atoms with Gasteiger partial charge in [-0.25, -0.2) is 0 Å². The molecule has 0 spiro atoms. The molecule has 22 heavy (non-hydrogen) atoms. The number of hydrazone groups is 1. The van der Waals surface area contributed by atoms with E-state index >= 15 is 0 Å². The monoisotopic (exact) mass is 382 g/mol. The van der Waals surface area contributed by atoms with Crippen LogP contribution in [0.3, 0.4) is 0 Å². The molecule has 1 N–H and O–H groups in total. The average Bonchev–Trinajstić information content (AvgIpc) is 2.94. The van der Waals surface area contributed by atoms with Gasteiger partial charge in [0, 0.05) is 12.6 Å². The summed E-state index contributed by atoms with van der Waals surface area (Å²) in [6.07, 6.45) is -4.93. The summed E-state index contributed by atoms with van der Waals surface area (Å²) in [6, 6.07) is -1.05. The van der Waals surface area contributed by atoms with Crippen molar-refractivity contribution in [1.82, 2.24) is 14.8 Å². The van der Waals surface area contributed by atoms with Gasteiger partial charge >= 0.3 is 6.18 Å². The minimum Gasteiger partial charge on any atom is -0.362 e. The first kappa shape index (κ1) is 16.9. The highest BCUT2D eigenvalue weighted by Gasteiger charge is 2.62. The zero-order valence-electron chi connectivity index (χ0n) is 12.0. The number of aliphatic hydroxyl groups is 1. The van der Waals surface area contributed by atoms with Crippen LogP contribution in [0.2, 0.25) is 0 Å². The molecule has 0 aliphatic carbocycles. The Morgan fingerprint density at radius 2 is 2.09 bits per heavy atom. The number of nitrogens with zero attached hydrogens (tertiary/aromatic N) is 4. The van der Waals surface area contributed by atoms with E-state index in [4.69, 9.17) is 0 Å². The number of rotatable bonds is 2. The number of aromatic nitrogens is 2. The van der Waals surface area contributed by atoms with E-state index in [0.29, 0.717) is 15.9 Å². The maximum Gasteiger partial charge on any atom is 0.438 e. The van der Waals surface area contributed by atoms with Crippen molar-refractivity contribution >= 4 is 28.1 Å². The van der Waals surface area contributed by atoms with Crippen LogP contribution in [0, 0.1) is 13.8 Å². The number of carbonyl (C=O) groups excluding carboxylic acids is 1. The van der Waals surface area contributed by atoms with E-state index in [2.05, 4.69) is 26.1 Å². The molecule has 122 valence electrons. The van der Waals surface area contributed by atoms with Crippen molar-refractivity contribution in [2.45, 2.75) is 45.1 Å². The number of aryl methyl sites for hydroxylation is 1. The van der Waals surface area contributed by atoms with Gasteiger partial charge in [-0.15, -0.1) is 0 Å². The molecule has 6 nitrogen and oxygen atoms in total. The molecule has 2 rings (SSSR count). The van der Waals surface area contributed by atoms with E-state index in [0.717, 1.165) is 6.21 Å². The molecule has 0 aromatic carbocycles. The predicted octanol–water partition coefficient (Wildman–Crippen LogP) is 2.29. The van der Waals surface area contributed by atoms with Crippen LogP contribution in [-0.2, 0) is 4.79 Å². The molecule has 10 heteroatoms. The number of hydrogen-bond acceptors (Lipinski definition) is 4. The molecule has 1 aliphatic heterocycles. The van der Waals surface area contributed by atoms with E-state index in [1.54, 1.807) is 13.8 Å². The highest BCUT2D eigenvalue weighted by Crippen LogP contribution is 2.39. The Morgan fingerprint density at radius 3 is 2.55 bits per heavy atom. The van der Waals surface area contributed by atoms with Crippen molar-refractivity contribution in [1.29, 1.82) is 0 Å². The molecule has 1 aromatic heterocycles. The number of alkyl halides is 3. The van der Waals surface area contributed by atoms with Gasteiger partial charge in [0.1, 0.15) is 6.04 Å². The summed E-state index contributed by atoms with van der Waals surface area (Å²) < 4.78 is 41.0. The summed E-state index contributed by atoms with van der Waals surface area (Å²) in [4.78, 5) is 12.4. The van der Waals surface area contributed by atoms with Crippen molar-refractivity contribution < 1.29 is 23.1 Å². The summed E-state index contributed by atoms with van der Waals surface area (Å²) in [7, 11) is 0. The Labute approximate surface area is 132 Å². The molecule has 1 aliphatic rings. The summed E-state index contributed by atoms with van der Waals surface area (Å²) >= 11 is 3.29. The smallest absolute Gasteiger partial charge is 0.362 e. The Kier molecular flexibility index (Phi) is 4.11. The zero-order chi connectivity index (χ0) is 16.9. The Morgan fingerprint density at radius 1 is 1.50 bits per heavy atom. The van der Waals surface area contributed by atoms with Gasteiger partial charge in [0.2, 0.25) is 0 Å². The fourth-order valence-electron chi connectivity index (χ4n) is 2.21. The van der Waals surface area contributed by atoms with Crippen LogP contribution < -0.4 is 0 Å². The van der Waals surface area contributed by atoms with Crippen LogP contribution in [-0.4, -0.2) is 43.9 Å². The van der Waals surface area contributed by atoms with Crippen molar-refractivity contribution in [2.75, 3.05) is 0 Å². The van der Waals surface area contributed by atoms with Crippen LogP contribution in [0.5, 0.6) is 0 Å². The summed E-state index contributed by atoms with van der Waals surface area (Å²) in [5.41, 5.74) is -2.11. The minimum atomic E-state index is -5.01. The van der Waals surface area contributed by atoms with Crippen molar-refractivity contribution in [3.8, 4) is 0 Å². The lowest BCUT2D eigenvalue weighted by Gasteiger charge is -2.34. The highest BCUT2D eigenvalue weighted by molar-refractivity contribution is 9.10. The van der Waals surface area contributed by atoms with Crippen LogP contribution in [0.25, 0.3) is 0 Å². The first-order chi connectivity index (χ1) is 10.0. The molecule has 1 amide bonds. The summed E-state index contributed by atoms with van der Waals surface area (Å²) in [5, 5.41) is 17.4. The third kappa shape index (κ3) is 2.43. The van der Waals surface area contributed by atoms with Crippen molar-refractivity contribution in [3.05, 3.63) is 15.9 Å². The SMILES string of the molecule is Cc1nn([C@H](C)C(=O)N2N=CC[C@]2(O)C(F)(F)F)c(C)c1Br. The fourth-order valence-corrected chi connectivity index (χ4v) is 2.47. The highest BCUT2D eigenvalue weighted by atomic mass is 79.9. The quantitative estimate of drug-likeness (QED) is 0.852. The normalized spacial score (nSPS) is 23.2. The predicted molar refractivity (Wildman–Crippen MR) is 75.1 cm³/mol. The van der Waals surface area contributed by atoms with E-state index in [9.17, 15) is 23.1 Å². The molecular formula is C12H14BrF3N4O2. The van der Waals surface area contributed by atoms with Gasteiger partial charge in [-0.3, -0.25) is 9.48 Å². The lowest BCUT2D eigenvalue weighted by atomic mass is 10.1. The maximum absolute atomic E-state index is 13.0. The second kappa shape index (κ2) is 5.34. The van der Waals surface area contributed by atoms with Crippen molar-refractivity contribution in [2.24, 2.45) is 5.10 Å². The largest absolute Gasteiger partial charge is 0.438 e. The molecule has 0 radical (unpaired) electrons. The van der Waals surface area contributed by atoms with Gasteiger partial charge in [-0.05, 0) is 36.7 Å². The lowest BCUT2D eigenvalue weighted by Crippen LogP contribution is -2.57. The molecule has 0 saturated carbocycles. The molecule has 2 heterocycles. The van der Waals surface area contributed by atoms with Gasteiger partial charge in [0.15, 0.2) is 0 Å². The number of amides is 1. The van der Waals surface area contributed by atoms with Crippen LogP contribution in [0.15, 0.2) is 9.57 Å². The van der Waals surface area contributed by atoms with Gasteiger partial charge < -0.3 is 5.11 Å².